The number of hydrazone groups is 1. The normalized spacial score (nSPS) is 16.2. The van der Waals surface area contributed by atoms with Gasteiger partial charge in [-0.15, -0.1) is 0 Å². The molecule has 1 aromatic heterocycles. The van der Waals surface area contributed by atoms with Crippen molar-refractivity contribution in [3.63, 3.8) is 0 Å². The predicted octanol–water partition coefficient (Wildman–Crippen LogP) is 4.73. The number of nitro groups is 1. The van der Waals surface area contributed by atoms with Crippen LogP contribution in [-0.2, 0) is 4.79 Å². The smallest absolute Gasteiger partial charge is 0.400 e. The van der Waals surface area contributed by atoms with Crippen LogP contribution in [-0.4, -0.2) is 26.4 Å². The van der Waals surface area contributed by atoms with Crippen molar-refractivity contribution in [2.24, 2.45) is 5.10 Å². The van der Waals surface area contributed by atoms with E-state index in [1.165, 1.54) is 24.4 Å². The van der Waals surface area contributed by atoms with E-state index in [9.17, 15) is 14.9 Å². The number of hydrogen-bond donors (Lipinski definition) is 0. The molecule has 0 atom stereocenters. The molecule has 3 rings (SSSR count). The first kappa shape index (κ1) is 18.6. The third kappa shape index (κ3) is 3.80. The lowest BCUT2D eigenvalue weighted by atomic mass is 10.2. The lowest BCUT2D eigenvalue weighted by molar-refractivity contribution is -0.402. The summed E-state index contributed by atoms with van der Waals surface area (Å²) in [6.07, 6.45) is 2.71. The Balaban J connectivity index is 1.83. The minimum absolute atomic E-state index is 0.115. The van der Waals surface area contributed by atoms with Crippen LogP contribution in [0, 0.1) is 10.1 Å². The Bertz CT molecular complexity index is 967. The summed E-state index contributed by atoms with van der Waals surface area (Å²) in [6.45, 7) is 0. The summed E-state index contributed by atoms with van der Waals surface area (Å²) >= 11 is 18.4. The molecule has 0 unspecified atom stereocenters. The largest absolute Gasteiger partial charge is 0.433 e. The minimum atomic E-state index is -0.674. The Labute approximate surface area is 166 Å². The van der Waals surface area contributed by atoms with Crippen LogP contribution in [0.3, 0.4) is 0 Å². The average molecular weight is 428 g/mol. The van der Waals surface area contributed by atoms with E-state index in [2.05, 4.69) is 5.10 Å². The molecule has 2 aromatic rings. The predicted molar refractivity (Wildman–Crippen MR) is 104 cm³/mol. The fourth-order valence-electron chi connectivity index (χ4n) is 1.96. The molecule has 7 nitrogen and oxygen atoms in total. The molecule has 0 N–H and O–H groups in total. The lowest BCUT2D eigenvalue weighted by Gasteiger charge is -2.05. The number of halogens is 2. The summed E-state index contributed by atoms with van der Waals surface area (Å²) in [5.74, 6) is -0.776. The first-order chi connectivity index (χ1) is 12.4. The molecule has 132 valence electrons. The number of hydrogen-bond acceptors (Lipinski definition) is 7. The van der Waals surface area contributed by atoms with E-state index in [0.717, 1.165) is 16.8 Å². The van der Waals surface area contributed by atoms with E-state index in [0.29, 0.717) is 20.5 Å². The fourth-order valence-corrected chi connectivity index (χ4v) is 3.62. The van der Waals surface area contributed by atoms with Crippen molar-refractivity contribution in [3.8, 4) is 0 Å². The van der Waals surface area contributed by atoms with Gasteiger partial charge in [0.2, 0.25) is 0 Å². The SMILES string of the molecule is O=C1/C(=C\c2c(Cl)cccc2Cl)SC(=S)N1/N=C/c1ccc([N+](=O)[O-])o1. The highest BCUT2D eigenvalue weighted by atomic mass is 35.5. The second kappa shape index (κ2) is 7.58. The van der Waals surface area contributed by atoms with Gasteiger partial charge in [0.25, 0.3) is 5.91 Å². The summed E-state index contributed by atoms with van der Waals surface area (Å²) in [5.41, 5.74) is 0.502. The topological polar surface area (TPSA) is 89.0 Å². The molecule has 0 aliphatic carbocycles. The zero-order chi connectivity index (χ0) is 18.8. The Hall–Kier alpha value is -2.20. The highest BCUT2D eigenvalue weighted by Gasteiger charge is 2.32. The quantitative estimate of drug-likeness (QED) is 0.230. The van der Waals surface area contributed by atoms with E-state index < -0.39 is 16.7 Å². The van der Waals surface area contributed by atoms with Crippen LogP contribution in [0.4, 0.5) is 5.88 Å². The van der Waals surface area contributed by atoms with Crippen molar-refractivity contribution in [2.45, 2.75) is 0 Å². The van der Waals surface area contributed by atoms with Gasteiger partial charge in [0.15, 0.2) is 10.1 Å². The number of furan rings is 1. The number of thioether (sulfide) groups is 1. The monoisotopic (exact) mass is 427 g/mol. The molecule has 0 spiro atoms. The molecular formula is C15H7Cl2N3O4S2. The maximum atomic E-state index is 12.5. The molecule has 0 saturated carbocycles. The number of amides is 1. The number of carbonyl (C=O) groups is 1. The van der Waals surface area contributed by atoms with Gasteiger partial charge in [-0.2, -0.15) is 10.1 Å². The Morgan fingerprint density at radius 2 is 1.96 bits per heavy atom. The van der Waals surface area contributed by atoms with Crippen molar-refractivity contribution in [3.05, 3.63) is 66.7 Å². The second-order valence-electron chi connectivity index (χ2n) is 4.81. The summed E-state index contributed by atoms with van der Waals surface area (Å²) in [6, 6.07) is 7.55. The minimum Gasteiger partial charge on any atom is -0.400 e. The van der Waals surface area contributed by atoms with Gasteiger partial charge in [0.1, 0.15) is 4.92 Å². The summed E-state index contributed by atoms with van der Waals surface area (Å²) in [5, 5.41) is 16.3. The van der Waals surface area contributed by atoms with Crippen molar-refractivity contribution in [2.75, 3.05) is 0 Å². The van der Waals surface area contributed by atoms with Crippen molar-refractivity contribution < 1.29 is 14.1 Å². The molecule has 1 amide bonds. The zero-order valence-corrected chi connectivity index (χ0v) is 15.7. The average Bonchev–Trinajstić information content (AvgIpc) is 3.15. The van der Waals surface area contributed by atoms with E-state index in [4.69, 9.17) is 39.8 Å². The van der Waals surface area contributed by atoms with Gasteiger partial charge in [-0.05, 0) is 36.5 Å². The van der Waals surface area contributed by atoms with Crippen LogP contribution in [0.2, 0.25) is 10.0 Å². The second-order valence-corrected chi connectivity index (χ2v) is 7.30. The number of rotatable bonds is 4. The molecule has 26 heavy (non-hydrogen) atoms. The summed E-state index contributed by atoms with van der Waals surface area (Å²) in [4.78, 5) is 22.7. The molecule has 0 bridgehead atoms. The molecule has 11 heteroatoms. The summed E-state index contributed by atoms with van der Waals surface area (Å²) < 4.78 is 5.14. The number of carbonyl (C=O) groups excluding carboxylic acids is 1. The van der Waals surface area contributed by atoms with E-state index >= 15 is 0 Å². The van der Waals surface area contributed by atoms with Gasteiger partial charge >= 0.3 is 5.88 Å². The van der Waals surface area contributed by atoms with E-state index in [-0.39, 0.29) is 10.1 Å². The summed E-state index contributed by atoms with van der Waals surface area (Å²) in [7, 11) is 0. The third-order valence-electron chi connectivity index (χ3n) is 3.14. The molecule has 1 saturated heterocycles. The van der Waals surface area contributed by atoms with Crippen LogP contribution in [0.5, 0.6) is 0 Å². The van der Waals surface area contributed by atoms with Gasteiger partial charge in [0.05, 0.1) is 17.2 Å². The lowest BCUT2D eigenvalue weighted by Crippen LogP contribution is -2.22. The molecule has 1 fully saturated rings. The molecule has 1 aromatic carbocycles. The number of thiocarbonyl (C=S) groups is 1. The Kier molecular flexibility index (Phi) is 5.42. The molecule has 0 radical (unpaired) electrons. The Morgan fingerprint density at radius 1 is 1.27 bits per heavy atom. The molecule has 1 aliphatic rings. The van der Waals surface area contributed by atoms with Crippen molar-refractivity contribution in [1.82, 2.24) is 5.01 Å². The maximum Gasteiger partial charge on any atom is 0.433 e. The van der Waals surface area contributed by atoms with Crippen LogP contribution in [0.25, 0.3) is 6.08 Å². The third-order valence-corrected chi connectivity index (χ3v) is 5.08. The Morgan fingerprint density at radius 3 is 2.58 bits per heavy atom. The first-order valence-corrected chi connectivity index (χ1v) is 8.85. The van der Waals surface area contributed by atoms with Crippen molar-refractivity contribution in [1.29, 1.82) is 0 Å². The van der Waals surface area contributed by atoms with E-state index in [1.54, 1.807) is 18.2 Å². The number of nitrogens with zero attached hydrogens (tertiary/aromatic N) is 3. The van der Waals surface area contributed by atoms with Crippen LogP contribution in [0.1, 0.15) is 11.3 Å². The highest BCUT2D eigenvalue weighted by Crippen LogP contribution is 2.35. The molecule has 2 heterocycles. The first-order valence-electron chi connectivity index (χ1n) is 6.87. The van der Waals surface area contributed by atoms with Crippen LogP contribution < -0.4 is 0 Å². The number of benzene rings is 1. The maximum absolute atomic E-state index is 12.5. The van der Waals surface area contributed by atoms with Gasteiger partial charge in [-0.3, -0.25) is 14.9 Å². The van der Waals surface area contributed by atoms with Gasteiger partial charge in [-0.25, -0.2) is 0 Å². The van der Waals surface area contributed by atoms with Gasteiger partial charge < -0.3 is 4.42 Å². The zero-order valence-electron chi connectivity index (χ0n) is 12.6. The van der Waals surface area contributed by atoms with Crippen LogP contribution in [0.15, 0.2) is 44.8 Å². The fraction of sp³-hybridized carbons (Fsp3) is 0. The van der Waals surface area contributed by atoms with Crippen LogP contribution >= 0.6 is 47.2 Å². The molecule has 1 aliphatic heterocycles. The van der Waals surface area contributed by atoms with Gasteiger partial charge in [-0.1, -0.05) is 41.0 Å². The van der Waals surface area contributed by atoms with Gasteiger partial charge in [0, 0.05) is 15.6 Å². The molecular weight excluding hydrogens is 421 g/mol. The standard InChI is InChI=1S/C15H7Cl2N3O4S2/c16-10-2-1-3-11(17)9(10)6-12-14(21)19(15(25)26-12)18-7-8-4-5-13(24-8)20(22)23/h1-7H/b12-6+,18-7+. The van der Waals surface area contributed by atoms with Crippen molar-refractivity contribution >= 4 is 75.6 Å². The highest BCUT2D eigenvalue weighted by molar-refractivity contribution is 8.26. The van der Waals surface area contributed by atoms with E-state index in [1.807, 2.05) is 0 Å².